The Hall–Kier alpha value is -1.36. The number of carbonyl (C=O) groups is 2. The summed E-state index contributed by atoms with van der Waals surface area (Å²) in [6, 6.07) is 4.42. The molecule has 1 aromatic carbocycles. The van der Waals surface area contributed by atoms with Gasteiger partial charge >= 0.3 is 5.97 Å². The number of rotatable bonds is 5. The largest absolute Gasteiger partial charge is 0.480 e. The standard InChI is InChI=1S/C14H18BrNO3/c1-8(2)6-12(14(18)19)16-13(17)11-5-4-10(15)7-9(11)3/h4-5,7-8,12H,6H2,1-3H3,(H,16,17)(H,18,19)/t12-/m0/s1. The summed E-state index contributed by atoms with van der Waals surface area (Å²) in [5.74, 6) is -1.15. The van der Waals surface area contributed by atoms with E-state index in [1.165, 1.54) is 0 Å². The summed E-state index contributed by atoms with van der Waals surface area (Å²) in [6.45, 7) is 5.66. The number of carboxylic acid groups (broad SMARTS) is 1. The molecule has 1 amide bonds. The summed E-state index contributed by atoms with van der Waals surface area (Å²) in [4.78, 5) is 23.2. The first-order valence-electron chi connectivity index (χ1n) is 6.11. The van der Waals surface area contributed by atoms with Gasteiger partial charge < -0.3 is 10.4 Å². The number of amides is 1. The minimum absolute atomic E-state index is 0.201. The van der Waals surface area contributed by atoms with Gasteiger partial charge in [-0.25, -0.2) is 4.79 Å². The average Bonchev–Trinajstić information content (AvgIpc) is 2.26. The fraction of sp³-hybridized carbons (Fsp3) is 0.429. The van der Waals surface area contributed by atoms with Crippen molar-refractivity contribution in [2.24, 2.45) is 5.92 Å². The number of aryl methyl sites for hydroxylation is 1. The van der Waals surface area contributed by atoms with Gasteiger partial charge in [-0.2, -0.15) is 0 Å². The molecule has 0 saturated carbocycles. The molecule has 104 valence electrons. The minimum Gasteiger partial charge on any atom is -0.480 e. The lowest BCUT2D eigenvalue weighted by Gasteiger charge is -2.17. The molecule has 2 N–H and O–H groups in total. The molecule has 0 saturated heterocycles. The van der Waals surface area contributed by atoms with E-state index in [9.17, 15) is 9.59 Å². The maximum atomic E-state index is 12.1. The van der Waals surface area contributed by atoms with Gasteiger partial charge in [0.1, 0.15) is 6.04 Å². The van der Waals surface area contributed by atoms with Crippen LogP contribution in [-0.2, 0) is 4.79 Å². The number of carboxylic acids is 1. The van der Waals surface area contributed by atoms with Crippen LogP contribution >= 0.6 is 15.9 Å². The zero-order valence-electron chi connectivity index (χ0n) is 11.2. The highest BCUT2D eigenvalue weighted by Crippen LogP contribution is 2.16. The van der Waals surface area contributed by atoms with Crippen LogP contribution in [0.25, 0.3) is 0 Å². The zero-order chi connectivity index (χ0) is 14.6. The van der Waals surface area contributed by atoms with E-state index in [-0.39, 0.29) is 11.8 Å². The molecular formula is C14H18BrNO3. The summed E-state index contributed by atoms with van der Waals surface area (Å²) in [7, 11) is 0. The van der Waals surface area contributed by atoms with E-state index in [0.717, 1.165) is 10.0 Å². The molecule has 4 nitrogen and oxygen atoms in total. The second-order valence-corrected chi connectivity index (χ2v) is 5.87. The Morgan fingerprint density at radius 2 is 2.00 bits per heavy atom. The van der Waals surface area contributed by atoms with Crippen LogP contribution in [-0.4, -0.2) is 23.0 Å². The van der Waals surface area contributed by atoms with Gasteiger partial charge in [0.15, 0.2) is 0 Å². The fourth-order valence-electron chi connectivity index (χ4n) is 1.81. The number of nitrogens with one attached hydrogen (secondary N) is 1. The zero-order valence-corrected chi connectivity index (χ0v) is 12.8. The van der Waals surface area contributed by atoms with Crippen molar-refractivity contribution in [1.82, 2.24) is 5.32 Å². The van der Waals surface area contributed by atoms with E-state index >= 15 is 0 Å². The van der Waals surface area contributed by atoms with Gasteiger partial charge in [0.25, 0.3) is 5.91 Å². The molecular weight excluding hydrogens is 310 g/mol. The number of benzene rings is 1. The van der Waals surface area contributed by atoms with Crippen molar-refractivity contribution in [3.8, 4) is 0 Å². The Morgan fingerprint density at radius 1 is 1.37 bits per heavy atom. The van der Waals surface area contributed by atoms with Crippen LogP contribution in [0.1, 0.15) is 36.2 Å². The van der Waals surface area contributed by atoms with Crippen LogP contribution in [0, 0.1) is 12.8 Å². The molecule has 0 spiro atoms. The quantitative estimate of drug-likeness (QED) is 0.873. The molecule has 0 aromatic heterocycles. The molecule has 0 aliphatic heterocycles. The first kappa shape index (κ1) is 15.7. The first-order valence-corrected chi connectivity index (χ1v) is 6.90. The van der Waals surface area contributed by atoms with Crippen LogP contribution in [0.4, 0.5) is 0 Å². The number of carbonyl (C=O) groups excluding carboxylic acids is 1. The number of hydrogen-bond acceptors (Lipinski definition) is 2. The van der Waals surface area contributed by atoms with E-state index < -0.39 is 12.0 Å². The van der Waals surface area contributed by atoms with Gasteiger partial charge in [-0.3, -0.25) is 4.79 Å². The predicted molar refractivity (Wildman–Crippen MR) is 77.2 cm³/mol. The molecule has 0 radical (unpaired) electrons. The van der Waals surface area contributed by atoms with Gasteiger partial charge in [0.2, 0.25) is 0 Å². The van der Waals surface area contributed by atoms with Gasteiger partial charge in [-0.05, 0) is 43.0 Å². The lowest BCUT2D eigenvalue weighted by molar-refractivity contribution is -0.139. The lowest BCUT2D eigenvalue weighted by Crippen LogP contribution is -2.41. The second kappa shape index (κ2) is 6.70. The van der Waals surface area contributed by atoms with Crippen LogP contribution in [0.3, 0.4) is 0 Å². The maximum Gasteiger partial charge on any atom is 0.326 e. The third-order valence-corrected chi connectivity index (χ3v) is 3.24. The minimum atomic E-state index is -1.00. The summed E-state index contributed by atoms with van der Waals surface area (Å²) in [5, 5.41) is 11.7. The summed E-state index contributed by atoms with van der Waals surface area (Å²) < 4.78 is 0.888. The van der Waals surface area contributed by atoms with Crippen molar-refractivity contribution in [3.05, 3.63) is 33.8 Å². The lowest BCUT2D eigenvalue weighted by atomic mass is 10.0. The molecule has 5 heteroatoms. The summed E-state index contributed by atoms with van der Waals surface area (Å²) >= 11 is 3.33. The number of hydrogen-bond donors (Lipinski definition) is 2. The molecule has 0 aliphatic carbocycles. The first-order chi connectivity index (χ1) is 8.81. The van der Waals surface area contributed by atoms with Crippen molar-refractivity contribution in [1.29, 1.82) is 0 Å². The normalized spacial score (nSPS) is 12.3. The Bertz CT molecular complexity index is 486. The van der Waals surface area contributed by atoms with E-state index in [0.29, 0.717) is 12.0 Å². The van der Waals surface area contributed by atoms with Crippen molar-refractivity contribution in [2.75, 3.05) is 0 Å². The third-order valence-electron chi connectivity index (χ3n) is 2.74. The molecule has 0 bridgehead atoms. The van der Waals surface area contributed by atoms with Crippen LogP contribution in [0.15, 0.2) is 22.7 Å². The van der Waals surface area contributed by atoms with E-state index in [4.69, 9.17) is 5.11 Å². The summed E-state index contributed by atoms with van der Waals surface area (Å²) in [6.07, 6.45) is 0.413. The predicted octanol–water partition coefficient (Wildman–Crippen LogP) is 2.99. The average molecular weight is 328 g/mol. The van der Waals surface area contributed by atoms with Crippen LogP contribution in [0.5, 0.6) is 0 Å². The Morgan fingerprint density at radius 3 is 2.47 bits per heavy atom. The number of halogens is 1. The molecule has 0 heterocycles. The smallest absolute Gasteiger partial charge is 0.326 e. The molecule has 0 fully saturated rings. The molecule has 0 unspecified atom stereocenters. The van der Waals surface area contributed by atoms with E-state index in [1.807, 2.05) is 26.8 Å². The Labute approximate surface area is 121 Å². The second-order valence-electron chi connectivity index (χ2n) is 4.95. The Balaban J connectivity index is 2.84. The molecule has 1 rings (SSSR count). The highest BCUT2D eigenvalue weighted by molar-refractivity contribution is 9.10. The van der Waals surface area contributed by atoms with Crippen LogP contribution in [0.2, 0.25) is 0 Å². The monoisotopic (exact) mass is 327 g/mol. The number of aliphatic carboxylic acids is 1. The van der Waals surface area contributed by atoms with Gasteiger partial charge in [-0.15, -0.1) is 0 Å². The molecule has 19 heavy (non-hydrogen) atoms. The SMILES string of the molecule is Cc1cc(Br)ccc1C(=O)N[C@@H](CC(C)C)C(=O)O. The summed E-state index contributed by atoms with van der Waals surface area (Å²) in [5.41, 5.74) is 1.30. The Kier molecular flexibility index (Phi) is 5.54. The highest BCUT2D eigenvalue weighted by Gasteiger charge is 2.22. The van der Waals surface area contributed by atoms with Crippen LogP contribution < -0.4 is 5.32 Å². The van der Waals surface area contributed by atoms with Crippen molar-refractivity contribution in [2.45, 2.75) is 33.2 Å². The van der Waals surface area contributed by atoms with Gasteiger partial charge in [0, 0.05) is 10.0 Å². The highest BCUT2D eigenvalue weighted by atomic mass is 79.9. The molecule has 1 atom stereocenters. The van der Waals surface area contributed by atoms with Crippen molar-refractivity contribution in [3.63, 3.8) is 0 Å². The topological polar surface area (TPSA) is 66.4 Å². The van der Waals surface area contributed by atoms with Gasteiger partial charge in [-0.1, -0.05) is 29.8 Å². The van der Waals surface area contributed by atoms with E-state index in [1.54, 1.807) is 12.1 Å². The fourth-order valence-corrected chi connectivity index (χ4v) is 2.29. The van der Waals surface area contributed by atoms with E-state index in [2.05, 4.69) is 21.2 Å². The molecule has 1 aromatic rings. The maximum absolute atomic E-state index is 12.1. The van der Waals surface area contributed by atoms with Gasteiger partial charge in [0.05, 0.1) is 0 Å². The van der Waals surface area contributed by atoms with Crippen molar-refractivity contribution >= 4 is 27.8 Å². The third kappa shape index (κ3) is 4.67. The molecule has 0 aliphatic rings. The van der Waals surface area contributed by atoms with Crippen molar-refractivity contribution < 1.29 is 14.7 Å².